The minimum atomic E-state index is -0.0111. The molecule has 0 amide bonds. The van der Waals surface area contributed by atoms with Crippen molar-refractivity contribution < 1.29 is 9.59 Å². The van der Waals surface area contributed by atoms with Gasteiger partial charge >= 0.3 is 6.15 Å². The second-order valence-corrected chi connectivity index (χ2v) is 12.1. The van der Waals surface area contributed by atoms with Crippen LogP contribution in [0, 0.1) is 6.92 Å². The number of benzene rings is 3. The van der Waals surface area contributed by atoms with Crippen LogP contribution in [0.15, 0.2) is 72.8 Å². The maximum atomic E-state index is 8.12. The van der Waals surface area contributed by atoms with Crippen molar-refractivity contribution in [2.45, 2.75) is 117 Å². The number of rotatable bonds is 14. The van der Waals surface area contributed by atoms with E-state index in [4.69, 9.17) is 9.59 Å². The zero-order valence-corrected chi connectivity index (χ0v) is 25.3. The van der Waals surface area contributed by atoms with Gasteiger partial charge in [0, 0.05) is 10.8 Å². The fraction of sp³-hybridized carbons (Fsp3) is 0.486. The van der Waals surface area contributed by atoms with Crippen molar-refractivity contribution in [3.8, 4) is 0 Å². The molecule has 0 aromatic heterocycles. The number of carbonyl (C=O) groups excluding carboxylic acids is 2. The summed E-state index contributed by atoms with van der Waals surface area (Å²) in [5.74, 6) is 0. The highest BCUT2D eigenvalue weighted by atomic mass is 16.2. The normalized spacial score (nSPS) is 11.4. The second-order valence-electron chi connectivity index (χ2n) is 12.1. The first-order valence-corrected chi connectivity index (χ1v) is 14.9. The van der Waals surface area contributed by atoms with Gasteiger partial charge in [0.25, 0.3) is 0 Å². The number of hydrogen-bond donors (Lipinski definition) is 0. The third-order valence-electron chi connectivity index (χ3n) is 8.35. The van der Waals surface area contributed by atoms with Crippen LogP contribution in [0.25, 0.3) is 0 Å². The molecule has 3 rings (SSSR count). The van der Waals surface area contributed by atoms with E-state index in [2.05, 4.69) is 114 Å². The molecule has 0 atom stereocenters. The quantitative estimate of drug-likeness (QED) is 0.196. The minimum Gasteiger partial charge on any atom is -0.186 e. The van der Waals surface area contributed by atoms with E-state index in [0.717, 1.165) is 0 Å². The molecular formula is C37H50O2. The molecule has 0 heterocycles. The van der Waals surface area contributed by atoms with E-state index in [9.17, 15) is 0 Å². The summed E-state index contributed by atoms with van der Waals surface area (Å²) >= 11 is 0. The molecule has 210 valence electrons. The average molecular weight is 527 g/mol. The highest BCUT2D eigenvalue weighted by Crippen LogP contribution is 2.36. The van der Waals surface area contributed by atoms with E-state index < -0.39 is 0 Å². The Morgan fingerprint density at radius 3 is 1.21 bits per heavy atom. The first kappa shape index (κ1) is 32.3. The molecule has 39 heavy (non-hydrogen) atoms. The van der Waals surface area contributed by atoms with Gasteiger partial charge < -0.3 is 0 Å². The van der Waals surface area contributed by atoms with Gasteiger partial charge in [-0.3, -0.25) is 0 Å². The van der Waals surface area contributed by atoms with Crippen molar-refractivity contribution in [3.63, 3.8) is 0 Å². The molecule has 0 saturated heterocycles. The van der Waals surface area contributed by atoms with Crippen LogP contribution in [0.2, 0.25) is 0 Å². The molecule has 0 unspecified atom stereocenters. The van der Waals surface area contributed by atoms with Crippen LogP contribution in [0.3, 0.4) is 0 Å². The van der Waals surface area contributed by atoms with Gasteiger partial charge in [0.15, 0.2) is 0 Å². The van der Waals surface area contributed by atoms with Gasteiger partial charge in [-0.25, -0.2) is 0 Å². The summed E-state index contributed by atoms with van der Waals surface area (Å²) in [6, 6.07) is 27.7. The van der Waals surface area contributed by atoms with Gasteiger partial charge in [0.1, 0.15) is 0 Å². The molecule has 0 spiro atoms. The van der Waals surface area contributed by atoms with Crippen LogP contribution in [0.1, 0.15) is 126 Å². The van der Waals surface area contributed by atoms with Crippen LogP contribution >= 0.6 is 0 Å². The van der Waals surface area contributed by atoms with Crippen molar-refractivity contribution in [2.24, 2.45) is 0 Å². The highest BCUT2D eigenvalue weighted by molar-refractivity contribution is 5.44. The molecular weight excluding hydrogens is 476 g/mol. The Hall–Kier alpha value is -2.96. The van der Waals surface area contributed by atoms with Crippen molar-refractivity contribution in [1.29, 1.82) is 0 Å². The Morgan fingerprint density at radius 1 is 0.513 bits per heavy atom. The maximum Gasteiger partial charge on any atom is 0.373 e. The number of hydrogen-bond acceptors (Lipinski definition) is 2. The first-order chi connectivity index (χ1) is 18.7. The summed E-state index contributed by atoms with van der Waals surface area (Å²) in [7, 11) is 0. The monoisotopic (exact) mass is 526 g/mol. The van der Waals surface area contributed by atoms with Gasteiger partial charge in [-0.05, 0) is 47.6 Å². The van der Waals surface area contributed by atoms with E-state index in [-0.39, 0.29) is 17.0 Å². The van der Waals surface area contributed by atoms with Crippen LogP contribution < -0.4 is 0 Å². The molecule has 0 aliphatic rings. The Kier molecular flexibility index (Phi) is 13.4. The molecule has 3 aromatic rings. The lowest BCUT2D eigenvalue weighted by Crippen LogP contribution is -2.21. The average Bonchev–Trinajstić information content (AvgIpc) is 2.93. The lowest BCUT2D eigenvalue weighted by molar-refractivity contribution is -0.191. The lowest BCUT2D eigenvalue weighted by Gasteiger charge is -2.29. The minimum absolute atomic E-state index is 0.00687. The Bertz CT molecular complexity index is 1110. The fourth-order valence-electron chi connectivity index (χ4n) is 5.33. The van der Waals surface area contributed by atoms with E-state index in [1.807, 2.05) is 0 Å². The zero-order chi connectivity index (χ0) is 28.7. The summed E-state index contributed by atoms with van der Waals surface area (Å²) in [5, 5.41) is 0. The Labute approximate surface area is 238 Å². The highest BCUT2D eigenvalue weighted by Gasteiger charge is 2.26. The van der Waals surface area contributed by atoms with E-state index in [1.165, 1.54) is 97.6 Å². The summed E-state index contributed by atoms with van der Waals surface area (Å²) in [5.41, 5.74) is 8.26. The predicted molar refractivity (Wildman–Crippen MR) is 164 cm³/mol. The SMILES string of the molecule is CCCCCCCCCCCc1ccc(C(C)(C)c2ccc(C(C)(C)c3ccc(C)cc3)cc2)cc1.O=C=O. The summed E-state index contributed by atoms with van der Waals surface area (Å²) < 4.78 is 0. The van der Waals surface area contributed by atoms with E-state index in [1.54, 1.807) is 0 Å². The van der Waals surface area contributed by atoms with E-state index in [0.29, 0.717) is 0 Å². The van der Waals surface area contributed by atoms with Crippen LogP contribution in [0.4, 0.5) is 0 Å². The Morgan fingerprint density at radius 2 is 0.821 bits per heavy atom. The molecule has 0 radical (unpaired) electrons. The smallest absolute Gasteiger partial charge is 0.186 e. The third-order valence-corrected chi connectivity index (χ3v) is 8.35. The van der Waals surface area contributed by atoms with Gasteiger partial charge in [0.05, 0.1) is 0 Å². The zero-order valence-electron chi connectivity index (χ0n) is 25.3. The number of aryl methyl sites for hydroxylation is 2. The van der Waals surface area contributed by atoms with Crippen molar-refractivity contribution >= 4 is 6.15 Å². The summed E-state index contributed by atoms with van der Waals surface area (Å²) in [4.78, 5) is 16.2. The van der Waals surface area contributed by atoms with Crippen molar-refractivity contribution in [2.75, 3.05) is 0 Å². The van der Waals surface area contributed by atoms with Gasteiger partial charge in [-0.1, -0.05) is 164 Å². The molecule has 0 saturated carbocycles. The fourth-order valence-corrected chi connectivity index (χ4v) is 5.33. The van der Waals surface area contributed by atoms with Crippen molar-refractivity contribution in [3.05, 3.63) is 106 Å². The van der Waals surface area contributed by atoms with Gasteiger partial charge in [0.2, 0.25) is 0 Å². The molecule has 3 aromatic carbocycles. The number of unbranched alkanes of at least 4 members (excludes halogenated alkanes) is 8. The largest absolute Gasteiger partial charge is 0.373 e. The molecule has 0 aliphatic heterocycles. The molecule has 2 heteroatoms. The van der Waals surface area contributed by atoms with Crippen LogP contribution in [-0.2, 0) is 26.8 Å². The summed E-state index contributed by atoms with van der Waals surface area (Å²) in [6.45, 7) is 13.8. The molecule has 2 nitrogen and oxygen atoms in total. The summed E-state index contributed by atoms with van der Waals surface area (Å²) in [6.07, 6.45) is 14.0. The van der Waals surface area contributed by atoms with Crippen LogP contribution in [0.5, 0.6) is 0 Å². The second kappa shape index (κ2) is 16.2. The topological polar surface area (TPSA) is 34.1 Å². The standard InChI is InChI=1S/C36H50.CO2/c1-7-8-9-10-11-12-13-14-15-16-30-19-23-32(24-20-30)36(5,6)34-27-25-33(26-28-34)35(3,4)31-21-17-29(2)18-22-31;2-1-3/h17-28H,7-16H2,1-6H3;. The Balaban J connectivity index is 0.00000170. The maximum absolute atomic E-state index is 8.12. The molecule has 0 aliphatic carbocycles. The van der Waals surface area contributed by atoms with Gasteiger partial charge in [-0.2, -0.15) is 9.59 Å². The molecule has 0 fully saturated rings. The predicted octanol–water partition coefficient (Wildman–Crippen LogP) is 10.1. The molecule has 0 bridgehead atoms. The first-order valence-electron chi connectivity index (χ1n) is 14.9. The third kappa shape index (κ3) is 9.94. The van der Waals surface area contributed by atoms with Crippen LogP contribution in [-0.4, -0.2) is 6.15 Å². The molecule has 0 N–H and O–H groups in total. The van der Waals surface area contributed by atoms with E-state index >= 15 is 0 Å². The van der Waals surface area contributed by atoms with Crippen molar-refractivity contribution in [1.82, 2.24) is 0 Å². The van der Waals surface area contributed by atoms with Gasteiger partial charge in [-0.15, -0.1) is 0 Å². The lowest BCUT2D eigenvalue weighted by atomic mass is 9.74.